The number of likely N-dealkylation sites (N-methyl/N-ethyl adjacent to an activating group) is 1. The number of carbonyl (C=O) groups excluding carboxylic acids is 1. The van der Waals surface area contributed by atoms with Crippen molar-refractivity contribution in [2.24, 2.45) is 0 Å². The number of halogens is 4. The Morgan fingerprint density at radius 3 is 2.33 bits per heavy atom. The maximum absolute atomic E-state index is 12.0. The molecular weight excluding hydrogens is 519 g/mol. The molecule has 0 fully saturated rings. The van der Waals surface area contributed by atoms with E-state index in [1.54, 1.807) is 38.4 Å². The number of benzene rings is 2. The molecule has 0 N–H and O–H groups in total. The van der Waals surface area contributed by atoms with Crippen LogP contribution in [0.4, 0.5) is 0 Å². The highest BCUT2D eigenvalue weighted by atomic mass is 79.9. The smallest absolute Gasteiger partial charge is 0.264 e. The quantitative estimate of drug-likeness (QED) is 0.346. The Hall–Kier alpha value is -1.52. The van der Waals surface area contributed by atoms with E-state index in [2.05, 4.69) is 31.9 Å². The molecule has 140 valence electrons. The third-order valence-corrected chi connectivity index (χ3v) is 5.37. The van der Waals surface area contributed by atoms with E-state index in [4.69, 9.17) is 27.9 Å². The van der Waals surface area contributed by atoms with Gasteiger partial charge in [0.2, 0.25) is 0 Å². The summed E-state index contributed by atoms with van der Waals surface area (Å²) in [5.41, 5.74) is 1.60. The minimum atomic E-state index is -0.357. The van der Waals surface area contributed by atoms with E-state index in [-0.39, 0.29) is 11.5 Å². The van der Waals surface area contributed by atoms with Gasteiger partial charge in [0.05, 0.1) is 19.0 Å². The second-order valence-corrected chi connectivity index (χ2v) is 8.24. The lowest BCUT2D eigenvalue weighted by Crippen LogP contribution is -2.22. The average Bonchev–Trinajstić information content (AvgIpc) is 2.61. The van der Waals surface area contributed by atoms with E-state index in [1.165, 1.54) is 11.0 Å². The third-order valence-electron chi connectivity index (χ3n) is 3.46. The van der Waals surface area contributed by atoms with Crippen LogP contribution in [0.25, 0.3) is 6.08 Å². The summed E-state index contributed by atoms with van der Waals surface area (Å²) in [6.07, 6.45) is 1.53. The van der Waals surface area contributed by atoms with Crippen molar-refractivity contribution in [3.05, 3.63) is 66.0 Å². The minimum absolute atomic E-state index is 0.0447. The molecule has 2 rings (SSSR count). The molecule has 0 unspecified atom stereocenters. The van der Waals surface area contributed by atoms with Gasteiger partial charge >= 0.3 is 0 Å². The number of carbonyl (C=O) groups is 1. The standard InChI is InChI=1S/C19H14Br2Cl2N2O2/c1-25(2)19(26)13(9-24)5-12-6-14(20)18(15(21)7-12)27-10-11-3-4-16(22)17(23)8-11/h3-8H,10H2,1-2H3/b13-5-. The summed E-state index contributed by atoms with van der Waals surface area (Å²) in [5, 5.41) is 10.2. The van der Waals surface area contributed by atoms with E-state index in [9.17, 15) is 10.1 Å². The summed E-state index contributed by atoms with van der Waals surface area (Å²) in [6, 6.07) is 10.8. The van der Waals surface area contributed by atoms with Crippen molar-refractivity contribution in [3.8, 4) is 11.8 Å². The number of ether oxygens (including phenoxy) is 1. The normalized spacial score (nSPS) is 11.1. The highest BCUT2D eigenvalue weighted by Gasteiger charge is 2.14. The van der Waals surface area contributed by atoms with Gasteiger partial charge in [-0.25, -0.2) is 0 Å². The van der Waals surface area contributed by atoms with Crippen LogP contribution in [0.2, 0.25) is 10.0 Å². The zero-order chi connectivity index (χ0) is 20.1. The first kappa shape index (κ1) is 21.8. The van der Waals surface area contributed by atoms with E-state index < -0.39 is 0 Å². The topological polar surface area (TPSA) is 53.3 Å². The van der Waals surface area contributed by atoms with Crippen LogP contribution in [-0.2, 0) is 11.4 Å². The molecule has 0 heterocycles. The lowest BCUT2D eigenvalue weighted by atomic mass is 10.1. The minimum Gasteiger partial charge on any atom is -0.487 e. The Labute approximate surface area is 184 Å². The molecule has 1 amide bonds. The SMILES string of the molecule is CN(C)C(=O)/C(C#N)=C\c1cc(Br)c(OCc2ccc(Cl)c(Cl)c2)c(Br)c1. The van der Waals surface area contributed by atoms with Crippen LogP contribution in [0.5, 0.6) is 5.75 Å². The maximum Gasteiger partial charge on any atom is 0.264 e. The van der Waals surface area contributed by atoms with E-state index in [0.717, 1.165) is 5.56 Å². The molecule has 27 heavy (non-hydrogen) atoms. The Bertz CT molecular complexity index is 930. The molecule has 0 bridgehead atoms. The Balaban J connectivity index is 2.25. The van der Waals surface area contributed by atoms with Crippen molar-refractivity contribution in [2.75, 3.05) is 14.1 Å². The largest absolute Gasteiger partial charge is 0.487 e. The van der Waals surface area contributed by atoms with Gasteiger partial charge in [0, 0.05) is 14.1 Å². The predicted molar refractivity (Wildman–Crippen MR) is 115 cm³/mol. The van der Waals surface area contributed by atoms with E-state index >= 15 is 0 Å². The van der Waals surface area contributed by atoms with Gasteiger partial charge in [-0.05, 0) is 73.3 Å². The molecule has 0 spiro atoms. The molecule has 0 saturated carbocycles. The number of nitriles is 1. The lowest BCUT2D eigenvalue weighted by molar-refractivity contribution is -0.124. The molecule has 2 aromatic rings. The fourth-order valence-corrected chi connectivity index (χ4v) is 3.91. The van der Waals surface area contributed by atoms with Gasteiger partial charge in [0.1, 0.15) is 24.0 Å². The van der Waals surface area contributed by atoms with Crippen molar-refractivity contribution in [2.45, 2.75) is 6.61 Å². The second kappa shape index (κ2) is 9.61. The summed E-state index contributed by atoms with van der Waals surface area (Å²) < 4.78 is 7.22. The lowest BCUT2D eigenvalue weighted by Gasteiger charge is -2.12. The van der Waals surface area contributed by atoms with Gasteiger partial charge in [-0.15, -0.1) is 0 Å². The molecule has 4 nitrogen and oxygen atoms in total. The molecular formula is C19H14Br2Cl2N2O2. The maximum atomic E-state index is 12.0. The molecule has 0 aliphatic rings. The molecule has 0 aliphatic carbocycles. The first-order valence-corrected chi connectivity index (χ1v) is 9.96. The molecule has 2 aromatic carbocycles. The summed E-state index contributed by atoms with van der Waals surface area (Å²) in [6.45, 7) is 0.297. The molecule has 8 heteroatoms. The van der Waals surface area contributed by atoms with Crippen molar-refractivity contribution in [1.82, 2.24) is 4.90 Å². The summed E-state index contributed by atoms with van der Waals surface area (Å²) >= 11 is 18.9. The van der Waals surface area contributed by atoms with E-state index in [1.807, 2.05) is 12.1 Å². The van der Waals surface area contributed by atoms with Crippen molar-refractivity contribution >= 4 is 67.0 Å². The zero-order valence-corrected chi connectivity index (χ0v) is 19.1. The highest BCUT2D eigenvalue weighted by molar-refractivity contribution is 9.11. The van der Waals surface area contributed by atoms with Crippen molar-refractivity contribution in [3.63, 3.8) is 0 Å². The van der Waals surface area contributed by atoms with Crippen molar-refractivity contribution in [1.29, 1.82) is 5.26 Å². The average molecular weight is 533 g/mol. The Morgan fingerprint density at radius 2 is 1.81 bits per heavy atom. The summed E-state index contributed by atoms with van der Waals surface area (Å²) in [5.74, 6) is 0.236. The van der Waals surface area contributed by atoms with Crippen LogP contribution >= 0.6 is 55.1 Å². The molecule has 0 atom stereocenters. The zero-order valence-electron chi connectivity index (χ0n) is 14.4. The fraction of sp³-hybridized carbons (Fsp3) is 0.158. The van der Waals surface area contributed by atoms with Crippen LogP contribution in [-0.4, -0.2) is 24.9 Å². The van der Waals surface area contributed by atoms with Gasteiger partial charge in [-0.2, -0.15) is 5.26 Å². The number of hydrogen-bond donors (Lipinski definition) is 0. The monoisotopic (exact) mass is 530 g/mol. The van der Waals surface area contributed by atoms with Gasteiger partial charge in [-0.1, -0.05) is 29.3 Å². The van der Waals surface area contributed by atoms with Crippen LogP contribution in [0.1, 0.15) is 11.1 Å². The highest BCUT2D eigenvalue weighted by Crippen LogP contribution is 2.36. The third kappa shape index (κ3) is 5.73. The predicted octanol–water partition coefficient (Wildman–Crippen LogP) is 6.09. The molecule has 0 radical (unpaired) electrons. The summed E-state index contributed by atoms with van der Waals surface area (Å²) in [4.78, 5) is 13.3. The summed E-state index contributed by atoms with van der Waals surface area (Å²) in [7, 11) is 3.19. The number of rotatable bonds is 5. The molecule has 0 aromatic heterocycles. The number of amides is 1. The van der Waals surface area contributed by atoms with Gasteiger partial charge < -0.3 is 9.64 Å². The molecule has 0 saturated heterocycles. The van der Waals surface area contributed by atoms with Gasteiger partial charge in [0.15, 0.2) is 0 Å². The van der Waals surface area contributed by atoms with E-state index in [0.29, 0.717) is 36.9 Å². The van der Waals surface area contributed by atoms with Crippen LogP contribution in [0, 0.1) is 11.3 Å². The first-order chi connectivity index (χ1) is 12.7. The number of nitrogens with zero attached hydrogens (tertiary/aromatic N) is 2. The Morgan fingerprint density at radius 1 is 1.19 bits per heavy atom. The van der Waals surface area contributed by atoms with Crippen LogP contribution in [0.3, 0.4) is 0 Å². The fourth-order valence-electron chi connectivity index (χ4n) is 2.14. The first-order valence-electron chi connectivity index (χ1n) is 7.62. The van der Waals surface area contributed by atoms with Gasteiger partial charge in [-0.3, -0.25) is 4.79 Å². The Kier molecular flexibility index (Phi) is 7.75. The van der Waals surface area contributed by atoms with Crippen molar-refractivity contribution < 1.29 is 9.53 Å². The second-order valence-electron chi connectivity index (χ2n) is 5.72. The van der Waals surface area contributed by atoms with Gasteiger partial charge in [0.25, 0.3) is 5.91 Å². The molecule has 0 aliphatic heterocycles. The number of hydrogen-bond acceptors (Lipinski definition) is 3. The van der Waals surface area contributed by atoms with Crippen LogP contribution in [0.15, 0.2) is 44.9 Å². The van der Waals surface area contributed by atoms with Crippen LogP contribution < -0.4 is 4.74 Å².